The zero-order valence-electron chi connectivity index (χ0n) is 17.2. The molecule has 9 nitrogen and oxygen atoms in total. The molecule has 4 heterocycles. The number of hydrogen-bond donors (Lipinski definition) is 0. The van der Waals surface area contributed by atoms with Crippen LogP contribution in [0.25, 0.3) is 17.0 Å². The lowest BCUT2D eigenvalue weighted by molar-refractivity contribution is 0.0746. The molecular weight excluding hydrogens is 408 g/mol. The maximum absolute atomic E-state index is 13.0. The Hall–Kier alpha value is -4.14. The third-order valence-electron chi connectivity index (χ3n) is 5.79. The Kier molecular flexibility index (Phi) is 4.38. The third kappa shape index (κ3) is 3.18. The molecule has 0 saturated carbocycles. The summed E-state index contributed by atoms with van der Waals surface area (Å²) >= 11 is 0. The molecule has 6 rings (SSSR count). The van der Waals surface area contributed by atoms with Crippen molar-refractivity contribution in [3.8, 4) is 22.9 Å². The number of hydrogen-bond acceptors (Lipinski definition) is 7. The molecule has 160 valence electrons. The van der Waals surface area contributed by atoms with Gasteiger partial charge in [0.1, 0.15) is 5.82 Å². The molecular formula is C23H20N6O3. The number of carbonyl (C=O) groups is 1. The zero-order valence-corrected chi connectivity index (χ0v) is 17.2. The third-order valence-corrected chi connectivity index (χ3v) is 5.79. The standard InChI is InChI=1S/C23H20N6O3/c30-23(17-6-7-18-19(14-17)32-15-31-18)28-12-10-27(11-13-28)21-9-8-20-24-25-22(29(20)26-21)16-4-2-1-3-5-16/h1-9,14H,10-13,15H2. The second-order valence-corrected chi connectivity index (χ2v) is 7.70. The lowest BCUT2D eigenvalue weighted by Crippen LogP contribution is -2.49. The number of nitrogens with zero attached hydrogens (tertiary/aromatic N) is 6. The highest BCUT2D eigenvalue weighted by Crippen LogP contribution is 2.33. The summed E-state index contributed by atoms with van der Waals surface area (Å²) in [6.07, 6.45) is 0. The van der Waals surface area contributed by atoms with Crippen molar-refractivity contribution in [1.29, 1.82) is 0 Å². The van der Waals surface area contributed by atoms with Crippen LogP contribution in [0.15, 0.2) is 60.7 Å². The summed E-state index contributed by atoms with van der Waals surface area (Å²) in [4.78, 5) is 17.0. The molecule has 1 amide bonds. The van der Waals surface area contributed by atoms with Crippen LogP contribution in [0.4, 0.5) is 5.82 Å². The predicted molar refractivity (Wildman–Crippen MR) is 117 cm³/mol. The van der Waals surface area contributed by atoms with Gasteiger partial charge in [0.15, 0.2) is 23.0 Å². The van der Waals surface area contributed by atoms with Crippen LogP contribution in [0.1, 0.15) is 10.4 Å². The minimum Gasteiger partial charge on any atom is -0.454 e. The summed E-state index contributed by atoms with van der Waals surface area (Å²) in [6, 6.07) is 19.1. The van der Waals surface area contributed by atoms with E-state index in [0.717, 1.165) is 11.4 Å². The average molecular weight is 428 g/mol. The van der Waals surface area contributed by atoms with E-state index >= 15 is 0 Å². The summed E-state index contributed by atoms with van der Waals surface area (Å²) in [6.45, 7) is 2.80. The van der Waals surface area contributed by atoms with Crippen LogP contribution >= 0.6 is 0 Å². The van der Waals surface area contributed by atoms with Crippen molar-refractivity contribution in [3.05, 3.63) is 66.2 Å². The number of fused-ring (bicyclic) bond motifs is 2. The van der Waals surface area contributed by atoms with Crippen molar-refractivity contribution in [2.24, 2.45) is 0 Å². The molecule has 1 saturated heterocycles. The normalized spacial score (nSPS) is 15.4. The topological polar surface area (TPSA) is 85.1 Å². The van der Waals surface area contributed by atoms with E-state index in [4.69, 9.17) is 14.6 Å². The maximum Gasteiger partial charge on any atom is 0.254 e. The number of anilines is 1. The lowest BCUT2D eigenvalue weighted by atomic mass is 10.1. The first-order chi connectivity index (χ1) is 15.8. The van der Waals surface area contributed by atoms with E-state index in [2.05, 4.69) is 15.1 Å². The molecule has 0 unspecified atom stereocenters. The average Bonchev–Trinajstić information content (AvgIpc) is 3.50. The summed E-state index contributed by atoms with van der Waals surface area (Å²) in [5, 5.41) is 13.3. The zero-order chi connectivity index (χ0) is 21.5. The van der Waals surface area contributed by atoms with E-state index in [1.165, 1.54) is 0 Å². The number of rotatable bonds is 3. The number of amides is 1. The van der Waals surface area contributed by atoms with Crippen LogP contribution in [0.2, 0.25) is 0 Å². The first-order valence-electron chi connectivity index (χ1n) is 10.5. The van der Waals surface area contributed by atoms with E-state index in [-0.39, 0.29) is 12.7 Å². The highest BCUT2D eigenvalue weighted by molar-refractivity contribution is 5.95. The second-order valence-electron chi connectivity index (χ2n) is 7.70. The molecule has 32 heavy (non-hydrogen) atoms. The Morgan fingerprint density at radius 2 is 1.66 bits per heavy atom. The van der Waals surface area contributed by atoms with Gasteiger partial charge in [-0.25, -0.2) is 0 Å². The lowest BCUT2D eigenvalue weighted by Gasteiger charge is -2.35. The van der Waals surface area contributed by atoms with Gasteiger partial charge in [0.05, 0.1) is 0 Å². The van der Waals surface area contributed by atoms with E-state index < -0.39 is 0 Å². The number of piperazine rings is 1. The molecule has 2 aliphatic heterocycles. The maximum atomic E-state index is 13.0. The van der Waals surface area contributed by atoms with Crippen molar-refractivity contribution < 1.29 is 14.3 Å². The van der Waals surface area contributed by atoms with Crippen LogP contribution in [0.3, 0.4) is 0 Å². The summed E-state index contributed by atoms with van der Waals surface area (Å²) < 4.78 is 12.5. The molecule has 0 N–H and O–H groups in total. The van der Waals surface area contributed by atoms with Gasteiger partial charge in [-0.1, -0.05) is 30.3 Å². The highest BCUT2D eigenvalue weighted by atomic mass is 16.7. The molecule has 2 aromatic carbocycles. The first-order valence-corrected chi connectivity index (χ1v) is 10.5. The molecule has 2 aromatic heterocycles. The Morgan fingerprint density at radius 1 is 0.844 bits per heavy atom. The van der Waals surface area contributed by atoms with Crippen LogP contribution in [0, 0.1) is 0 Å². The van der Waals surface area contributed by atoms with Crippen LogP contribution in [-0.2, 0) is 0 Å². The Labute approximate surface area is 183 Å². The minimum atomic E-state index is -0.00321. The quantitative estimate of drug-likeness (QED) is 0.496. The van der Waals surface area contributed by atoms with Gasteiger partial charge in [-0.05, 0) is 30.3 Å². The SMILES string of the molecule is O=C(c1ccc2c(c1)OCO2)N1CCN(c2ccc3nnc(-c4ccccc4)n3n2)CC1. The van der Waals surface area contributed by atoms with E-state index in [0.29, 0.717) is 54.7 Å². The fraction of sp³-hybridized carbons (Fsp3) is 0.217. The van der Waals surface area contributed by atoms with Crippen molar-refractivity contribution in [1.82, 2.24) is 24.7 Å². The second kappa shape index (κ2) is 7.52. The molecule has 0 bridgehead atoms. The first kappa shape index (κ1) is 18.6. The van der Waals surface area contributed by atoms with Crippen LogP contribution < -0.4 is 14.4 Å². The van der Waals surface area contributed by atoms with Gasteiger partial charge in [-0.15, -0.1) is 15.3 Å². The summed E-state index contributed by atoms with van der Waals surface area (Å²) in [5.74, 6) is 2.84. The fourth-order valence-electron chi connectivity index (χ4n) is 4.07. The number of aromatic nitrogens is 4. The van der Waals surface area contributed by atoms with E-state index in [9.17, 15) is 4.79 Å². The number of benzene rings is 2. The Bertz CT molecular complexity index is 1300. The monoisotopic (exact) mass is 428 g/mol. The predicted octanol–water partition coefficient (Wildman–Crippen LogP) is 2.48. The molecule has 0 spiro atoms. The van der Waals surface area contributed by atoms with E-state index in [1.54, 1.807) is 22.7 Å². The van der Waals surface area contributed by atoms with Gasteiger partial charge in [0.2, 0.25) is 6.79 Å². The smallest absolute Gasteiger partial charge is 0.254 e. The van der Waals surface area contributed by atoms with Gasteiger partial charge in [0, 0.05) is 37.3 Å². The van der Waals surface area contributed by atoms with Crippen molar-refractivity contribution in [2.75, 3.05) is 37.9 Å². The summed E-state index contributed by atoms with van der Waals surface area (Å²) in [5.41, 5.74) is 2.27. The molecule has 0 atom stereocenters. The largest absolute Gasteiger partial charge is 0.454 e. The van der Waals surface area contributed by atoms with Gasteiger partial charge in [-0.3, -0.25) is 4.79 Å². The van der Waals surface area contributed by atoms with Gasteiger partial charge in [-0.2, -0.15) is 4.52 Å². The van der Waals surface area contributed by atoms with Crippen molar-refractivity contribution >= 4 is 17.4 Å². The minimum absolute atomic E-state index is 0.00321. The molecule has 0 aliphatic carbocycles. The molecule has 0 radical (unpaired) electrons. The molecule has 2 aliphatic rings. The highest BCUT2D eigenvalue weighted by Gasteiger charge is 2.25. The fourth-order valence-corrected chi connectivity index (χ4v) is 4.07. The van der Waals surface area contributed by atoms with Gasteiger partial charge in [0.25, 0.3) is 5.91 Å². The number of ether oxygens (including phenoxy) is 2. The van der Waals surface area contributed by atoms with E-state index in [1.807, 2.05) is 47.4 Å². The molecule has 9 heteroatoms. The summed E-state index contributed by atoms with van der Waals surface area (Å²) in [7, 11) is 0. The van der Waals surface area contributed by atoms with Crippen molar-refractivity contribution in [2.45, 2.75) is 0 Å². The van der Waals surface area contributed by atoms with Gasteiger partial charge >= 0.3 is 0 Å². The van der Waals surface area contributed by atoms with Gasteiger partial charge < -0.3 is 19.3 Å². The Balaban J connectivity index is 1.19. The van der Waals surface area contributed by atoms with Crippen molar-refractivity contribution in [3.63, 3.8) is 0 Å². The molecule has 1 fully saturated rings. The van der Waals surface area contributed by atoms with Crippen LogP contribution in [0.5, 0.6) is 11.5 Å². The molecule has 4 aromatic rings. The Morgan fingerprint density at radius 3 is 2.50 bits per heavy atom. The number of carbonyl (C=O) groups excluding carboxylic acids is 1. The van der Waals surface area contributed by atoms with Crippen LogP contribution in [-0.4, -0.2) is 63.6 Å².